The van der Waals surface area contributed by atoms with E-state index in [2.05, 4.69) is 22.9 Å². The Morgan fingerprint density at radius 1 is 1.19 bits per heavy atom. The fourth-order valence-corrected chi connectivity index (χ4v) is 2.59. The second-order valence-electron chi connectivity index (χ2n) is 5.48. The van der Waals surface area contributed by atoms with Gasteiger partial charge >= 0.3 is 0 Å². The molecule has 1 saturated heterocycles. The summed E-state index contributed by atoms with van der Waals surface area (Å²) >= 11 is 0. The van der Waals surface area contributed by atoms with E-state index in [1.165, 1.54) is 0 Å². The molecule has 0 unspecified atom stereocenters. The summed E-state index contributed by atoms with van der Waals surface area (Å²) in [5.41, 5.74) is 6.79. The highest BCUT2D eigenvalue weighted by atomic mass is 16.5. The fourth-order valence-electron chi connectivity index (χ4n) is 2.59. The average Bonchev–Trinajstić information content (AvgIpc) is 2.50. The van der Waals surface area contributed by atoms with Crippen molar-refractivity contribution in [3.8, 4) is 11.5 Å². The predicted octanol–water partition coefficient (Wildman–Crippen LogP) is 0.823. The molecule has 0 spiro atoms. The Morgan fingerprint density at radius 3 is 2.62 bits per heavy atom. The number of para-hydroxylation sites is 1. The minimum absolute atomic E-state index is 0.613. The van der Waals surface area contributed by atoms with Gasteiger partial charge in [0.05, 0.1) is 7.11 Å². The van der Waals surface area contributed by atoms with Crippen LogP contribution in [-0.2, 0) is 6.42 Å². The molecule has 1 aliphatic heterocycles. The maximum absolute atomic E-state index is 6.01. The van der Waals surface area contributed by atoms with Gasteiger partial charge in [0.15, 0.2) is 11.5 Å². The Balaban J connectivity index is 1.89. The normalized spacial score (nSPS) is 16.9. The maximum atomic E-state index is 6.01. The number of piperazine rings is 1. The standard InChI is InChI=1S/C16H27N3O2/c1-18-8-10-19(11-9-18)12-13-21-16-14(6-7-17)4-3-5-15(16)20-2/h3-5H,6-13,17H2,1-2H3. The summed E-state index contributed by atoms with van der Waals surface area (Å²) in [5.74, 6) is 1.64. The number of rotatable bonds is 7. The summed E-state index contributed by atoms with van der Waals surface area (Å²) in [6.45, 7) is 6.74. The number of nitrogens with two attached hydrogens (primary N) is 1. The van der Waals surface area contributed by atoms with Gasteiger partial charge in [-0.25, -0.2) is 0 Å². The van der Waals surface area contributed by atoms with E-state index >= 15 is 0 Å². The van der Waals surface area contributed by atoms with Gasteiger partial charge in [-0.1, -0.05) is 12.1 Å². The van der Waals surface area contributed by atoms with Gasteiger partial charge < -0.3 is 20.1 Å². The van der Waals surface area contributed by atoms with Crippen molar-refractivity contribution < 1.29 is 9.47 Å². The van der Waals surface area contributed by atoms with Gasteiger partial charge in [-0.15, -0.1) is 0 Å². The van der Waals surface area contributed by atoms with Gasteiger partial charge in [-0.2, -0.15) is 0 Å². The van der Waals surface area contributed by atoms with E-state index in [0.29, 0.717) is 13.2 Å². The van der Waals surface area contributed by atoms with Crippen molar-refractivity contribution in [3.63, 3.8) is 0 Å². The van der Waals surface area contributed by atoms with Crippen LogP contribution in [-0.4, -0.2) is 69.8 Å². The molecule has 0 aromatic heterocycles. The van der Waals surface area contributed by atoms with Crippen LogP contribution in [0.15, 0.2) is 18.2 Å². The first-order valence-corrected chi connectivity index (χ1v) is 7.64. The van der Waals surface area contributed by atoms with E-state index in [-0.39, 0.29) is 0 Å². The van der Waals surface area contributed by atoms with Crippen molar-refractivity contribution in [1.29, 1.82) is 0 Å². The molecule has 0 aliphatic carbocycles. The van der Waals surface area contributed by atoms with Crippen molar-refractivity contribution in [2.45, 2.75) is 6.42 Å². The second-order valence-corrected chi connectivity index (χ2v) is 5.48. The van der Waals surface area contributed by atoms with E-state index in [4.69, 9.17) is 15.2 Å². The first-order valence-electron chi connectivity index (χ1n) is 7.64. The van der Waals surface area contributed by atoms with E-state index in [9.17, 15) is 0 Å². The quantitative estimate of drug-likeness (QED) is 0.807. The molecule has 5 heteroatoms. The third-order valence-corrected chi connectivity index (χ3v) is 3.94. The molecular weight excluding hydrogens is 266 g/mol. The van der Waals surface area contributed by atoms with Crippen molar-refractivity contribution >= 4 is 0 Å². The summed E-state index contributed by atoms with van der Waals surface area (Å²) in [6, 6.07) is 5.98. The van der Waals surface area contributed by atoms with Crippen molar-refractivity contribution in [2.24, 2.45) is 5.73 Å². The molecule has 0 radical (unpaired) electrons. The number of hydrogen-bond donors (Lipinski definition) is 1. The molecule has 5 nitrogen and oxygen atoms in total. The molecule has 2 N–H and O–H groups in total. The molecule has 0 amide bonds. The SMILES string of the molecule is COc1cccc(CCN)c1OCCN1CCN(C)CC1. The van der Waals surface area contributed by atoms with Crippen LogP contribution in [0.3, 0.4) is 0 Å². The molecule has 1 fully saturated rings. The number of ether oxygens (including phenoxy) is 2. The summed E-state index contributed by atoms with van der Waals surface area (Å²) in [4.78, 5) is 4.80. The molecule has 2 rings (SSSR count). The molecule has 1 aromatic carbocycles. The third-order valence-electron chi connectivity index (χ3n) is 3.94. The Morgan fingerprint density at radius 2 is 1.95 bits per heavy atom. The van der Waals surface area contributed by atoms with Crippen molar-refractivity contribution in [2.75, 3.05) is 60.0 Å². The zero-order chi connectivity index (χ0) is 15.1. The Labute approximate surface area is 127 Å². The van der Waals surface area contributed by atoms with Crippen LogP contribution in [0.1, 0.15) is 5.56 Å². The highest BCUT2D eigenvalue weighted by Crippen LogP contribution is 2.31. The Bertz CT molecular complexity index is 432. The van der Waals surface area contributed by atoms with Gasteiger partial charge in [0.1, 0.15) is 6.61 Å². The molecule has 0 atom stereocenters. The minimum atomic E-state index is 0.613. The first-order chi connectivity index (χ1) is 10.2. The number of methoxy groups -OCH3 is 1. The predicted molar refractivity (Wildman–Crippen MR) is 85.2 cm³/mol. The average molecular weight is 293 g/mol. The van der Waals surface area contributed by atoms with Gasteiger partial charge in [0, 0.05) is 32.7 Å². The topological polar surface area (TPSA) is 51.0 Å². The lowest BCUT2D eigenvalue weighted by Gasteiger charge is -2.32. The van der Waals surface area contributed by atoms with Crippen molar-refractivity contribution in [1.82, 2.24) is 9.80 Å². The molecule has 0 saturated carbocycles. The molecule has 21 heavy (non-hydrogen) atoms. The monoisotopic (exact) mass is 293 g/mol. The van der Waals surface area contributed by atoms with E-state index in [1.807, 2.05) is 12.1 Å². The van der Waals surface area contributed by atoms with E-state index in [1.54, 1.807) is 7.11 Å². The van der Waals surface area contributed by atoms with Crippen LogP contribution in [0.2, 0.25) is 0 Å². The first kappa shape index (κ1) is 16.1. The summed E-state index contributed by atoms with van der Waals surface area (Å²) in [5, 5.41) is 0. The lowest BCUT2D eigenvalue weighted by atomic mass is 10.1. The van der Waals surface area contributed by atoms with Gasteiger partial charge in [0.25, 0.3) is 0 Å². The van der Waals surface area contributed by atoms with Crippen LogP contribution < -0.4 is 15.2 Å². The lowest BCUT2D eigenvalue weighted by molar-refractivity contribution is 0.132. The van der Waals surface area contributed by atoms with Crippen LogP contribution in [0.4, 0.5) is 0 Å². The third kappa shape index (κ3) is 4.59. The van der Waals surface area contributed by atoms with Crippen molar-refractivity contribution in [3.05, 3.63) is 23.8 Å². The van der Waals surface area contributed by atoms with E-state index < -0.39 is 0 Å². The van der Waals surface area contributed by atoms with Gasteiger partial charge in [0.2, 0.25) is 0 Å². The van der Waals surface area contributed by atoms with E-state index in [0.717, 1.165) is 56.2 Å². The summed E-state index contributed by atoms with van der Waals surface area (Å²) in [6.07, 6.45) is 0.807. The molecular formula is C16H27N3O2. The molecule has 1 aliphatic rings. The number of likely N-dealkylation sites (N-methyl/N-ethyl adjacent to an activating group) is 1. The molecule has 1 aromatic rings. The van der Waals surface area contributed by atoms with Gasteiger partial charge in [-0.3, -0.25) is 4.90 Å². The number of nitrogens with zero attached hydrogens (tertiary/aromatic N) is 2. The summed E-state index contributed by atoms with van der Waals surface area (Å²) in [7, 11) is 3.84. The number of benzene rings is 1. The Kier molecular flexibility index (Phi) is 6.29. The molecule has 118 valence electrons. The van der Waals surface area contributed by atoms with Gasteiger partial charge in [-0.05, 0) is 31.6 Å². The second kappa shape index (κ2) is 8.22. The van der Waals surface area contributed by atoms with Crippen LogP contribution in [0.25, 0.3) is 0 Å². The van der Waals surface area contributed by atoms with Crippen LogP contribution in [0.5, 0.6) is 11.5 Å². The largest absolute Gasteiger partial charge is 0.493 e. The zero-order valence-corrected chi connectivity index (χ0v) is 13.2. The minimum Gasteiger partial charge on any atom is -0.493 e. The lowest BCUT2D eigenvalue weighted by Crippen LogP contribution is -2.45. The highest BCUT2D eigenvalue weighted by Gasteiger charge is 2.14. The van der Waals surface area contributed by atoms with Crippen LogP contribution in [0, 0.1) is 0 Å². The smallest absolute Gasteiger partial charge is 0.164 e. The number of hydrogen-bond acceptors (Lipinski definition) is 5. The Hall–Kier alpha value is -1.30. The molecule has 0 bridgehead atoms. The van der Waals surface area contributed by atoms with Crippen LogP contribution >= 0.6 is 0 Å². The zero-order valence-electron chi connectivity index (χ0n) is 13.2. The fraction of sp³-hybridized carbons (Fsp3) is 0.625. The maximum Gasteiger partial charge on any atom is 0.164 e. The summed E-state index contributed by atoms with van der Waals surface area (Å²) < 4.78 is 11.4. The molecule has 1 heterocycles. The highest BCUT2D eigenvalue weighted by molar-refractivity contribution is 5.46.